The summed E-state index contributed by atoms with van der Waals surface area (Å²) in [6.07, 6.45) is -0.687. The molecule has 0 saturated carbocycles. The van der Waals surface area contributed by atoms with E-state index in [1.807, 2.05) is 0 Å². The summed E-state index contributed by atoms with van der Waals surface area (Å²) in [6, 6.07) is 4.67. The van der Waals surface area contributed by atoms with E-state index in [0.29, 0.717) is 0 Å². The lowest BCUT2D eigenvalue weighted by Crippen LogP contribution is -2.36. The van der Waals surface area contributed by atoms with Gasteiger partial charge in [0.05, 0.1) is 16.4 Å². The Bertz CT molecular complexity index is 553. The molecule has 0 spiro atoms. The van der Waals surface area contributed by atoms with Crippen molar-refractivity contribution in [2.45, 2.75) is 11.2 Å². The van der Waals surface area contributed by atoms with Crippen LogP contribution in [0.15, 0.2) is 29.2 Å². The molecule has 0 amide bonds. The zero-order chi connectivity index (χ0) is 15.3. The van der Waals surface area contributed by atoms with E-state index in [2.05, 4.69) is 0 Å². The largest absolute Gasteiger partial charge is 0.355 e. The van der Waals surface area contributed by atoms with Crippen LogP contribution in [0.5, 0.6) is 0 Å². The number of nitrogens with zero attached hydrogens (tertiary/aromatic N) is 2. The highest BCUT2D eigenvalue weighted by atomic mass is 32.2. The first kappa shape index (κ1) is 16.5. The first-order valence-corrected chi connectivity index (χ1v) is 7.03. The number of ether oxygens (including phenoxy) is 2. The molecule has 8 nitrogen and oxygen atoms in total. The van der Waals surface area contributed by atoms with Crippen molar-refractivity contribution in [1.82, 2.24) is 4.31 Å². The zero-order valence-electron chi connectivity index (χ0n) is 11.3. The average Bonchev–Trinajstić information content (AvgIpc) is 2.44. The summed E-state index contributed by atoms with van der Waals surface area (Å²) in [5.41, 5.74) is -0.168. The van der Waals surface area contributed by atoms with Crippen LogP contribution in [0.4, 0.5) is 5.69 Å². The van der Waals surface area contributed by atoms with Gasteiger partial charge in [-0.25, -0.2) is 8.42 Å². The van der Waals surface area contributed by atoms with Crippen LogP contribution in [0.1, 0.15) is 0 Å². The molecule has 1 aromatic carbocycles. The van der Waals surface area contributed by atoms with E-state index in [-0.39, 0.29) is 17.1 Å². The third kappa shape index (κ3) is 3.73. The molecule has 0 aliphatic heterocycles. The van der Waals surface area contributed by atoms with Crippen molar-refractivity contribution in [3.8, 4) is 0 Å². The molecule has 0 bridgehead atoms. The predicted molar refractivity (Wildman–Crippen MR) is 70.7 cm³/mol. The standard InChI is InChI=1S/C11H16N2O6S/c1-12(8-11(18-2)19-3)20(16,17)10-6-4-9(5-7-10)13(14)15/h4-7,11H,8H2,1-3H3. The van der Waals surface area contributed by atoms with Gasteiger partial charge in [-0.05, 0) is 12.1 Å². The SMILES string of the molecule is COC(CN(C)S(=O)(=O)c1ccc([N+](=O)[O-])cc1)OC. The second-order valence-corrected chi connectivity index (χ2v) is 5.98. The van der Waals surface area contributed by atoms with Crippen LogP contribution >= 0.6 is 0 Å². The van der Waals surface area contributed by atoms with Crippen molar-refractivity contribution in [2.75, 3.05) is 27.8 Å². The fraction of sp³-hybridized carbons (Fsp3) is 0.455. The Hall–Kier alpha value is -1.55. The molecule has 0 aliphatic rings. The van der Waals surface area contributed by atoms with E-state index < -0.39 is 21.2 Å². The first-order chi connectivity index (χ1) is 9.32. The van der Waals surface area contributed by atoms with Gasteiger partial charge in [0.1, 0.15) is 0 Å². The maximum Gasteiger partial charge on any atom is 0.269 e. The Morgan fingerprint density at radius 3 is 2.15 bits per heavy atom. The molecule has 0 atom stereocenters. The summed E-state index contributed by atoms with van der Waals surface area (Å²) in [7, 11) is 0.437. The smallest absolute Gasteiger partial charge is 0.269 e. The van der Waals surface area contributed by atoms with Crippen molar-refractivity contribution in [3.05, 3.63) is 34.4 Å². The zero-order valence-corrected chi connectivity index (χ0v) is 12.2. The quantitative estimate of drug-likeness (QED) is 0.420. The highest BCUT2D eigenvalue weighted by molar-refractivity contribution is 7.89. The lowest BCUT2D eigenvalue weighted by molar-refractivity contribution is -0.384. The number of nitro groups is 1. The van der Waals surface area contributed by atoms with Crippen molar-refractivity contribution in [1.29, 1.82) is 0 Å². The summed E-state index contributed by atoms with van der Waals surface area (Å²) in [4.78, 5) is 9.91. The third-order valence-electron chi connectivity index (χ3n) is 2.69. The van der Waals surface area contributed by atoms with Gasteiger partial charge in [-0.2, -0.15) is 4.31 Å². The van der Waals surface area contributed by atoms with E-state index >= 15 is 0 Å². The molecule has 1 aromatic rings. The normalized spacial score (nSPS) is 12.1. The minimum absolute atomic E-state index is 0.00627. The average molecular weight is 304 g/mol. The number of sulfonamides is 1. The van der Waals surface area contributed by atoms with E-state index in [9.17, 15) is 18.5 Å². The van der Waals surface area contributed by atoms with Crippen LogP contribution in [0.3, 0.4) is 0 Å². The van der Waals surface area contributed by atoms with E-state index in [0.717, 1.165) is 16.4 Å². The van der Waals surface area contributed by atoms with Gasteiger partial charge in [0, 0.05) is 33.4 Å². The number of likely N-dealkylation sites (N-methyl/N-ethyl adjacent to an activating group) is 1. The predicted octanol–water partition coefficient (Wildman–Crippen LogP) is 0.834. The van der Waals surface area contributed by atoms with Gasteiger partial charge < -0.3 is 9.47 Å². The lowest BCUT2D eigenvalue weighted by Gasteiger charge is -2.21. The third-order valence-corrected chi connectivity index (χ3v) is 4.53. The fourth-order valence-corrected chi connectivity index (χ4v) is 2.63. The maximum atomic E-state index is 12.2. The van der Waals surface area contributed by atoms with Crippen LogP contribution in [0.25, 0.3) is 0 Å². The summed E-state index contributed by atoms with van der Waals surface area (Å²) < 4.78 is 35.4. The molecule has 0 saturated heterocycles. The number of benzene rings is 1. The Labute approximate surface area is 117 Å². The molecule has 0 fully saturated rings. The minimum atomic E-state index is -3.75. The molecular weight excluding hydrogens is 288 g/mol. The van der Waals surface area contributed by atoms with Crippen molar-refractivity contribution in [3.63, 3.8) is 0 Å². The topological polar surface area (TPSA) is 99.0 Å². The van der Waals surface area contributed by atoms with Gasteiger partial charge in [0.15, 0.2) is 6.29 Å². The molecule has 0 unspecified atom stereocenters. The van der Waals surface area contributed by atoms with E-state index in [1.54, 1.807) is 0 Å². The van der Waals surface area contributed by atoms with Crippen LogP contribution in [-0.4, -0.2) is 51.7 Å². The molecule has 112 valence electrons. The Morgan fingerprint density at radius 1 is 1.25 bits per heavy atom. The second-order valence-electron chi connectivity index (χ2n) is 3.94. The lowest BCUT2D eigenvalue weighted by atomic mass is 10.3. The summed E-state index contributed by atoms with van der Waals surface area (Å²) in [5.74, 6) is 0. The molecule has 0 aromatic heterocycles. The molecular formula is C11H16N2O6S. The Kier molecular flexibility index (Phi) is 5.57. The molecule has 1 rings (SSSR count). The molecule has 0 radical (unpaired) electrons. The summed E-state index contributed by atoms with van der Waals surface area (Å²) >= 11 is 0. The van der Waals surface area contributed by atoms with Gasteiger partial charge in [0.25, 0.3) is 5.69 Å². The number of non-ortho nitro benzene ring substituents is 1. The number of nitro benzene ring substituents is 1. The summed E-state index contributed by atoms with van der Waals surface area (Å²) in [5, 5.41) is 10.5. The van der Waals surface area contributed by atoms with Gasteiger partial charge in [0.2, 0.25) is 10.0 Å². The maximum absolute atomic E-state index is 12.2. The number of hydrogen-bond acceptors (Lipinski definition) is 6. The number of methoxy groups -OCH3 is 2. The van der Waals surface area contributed by atoms with Crippen LogP contribution < -0.4 is 0 Å². The molecule has 0 heterocycles. The van der Waals surface area contributed by atoms with Gasteiger partial charge >= 0.3 is 0 Å². The number of rotatable bonds is 7. The molecule has 0 N–H and O–H groups in total. The van der Waals surface area contributed by atoms with Crippen molar-refractivity contribution >= 4 is 15.7 Å². The van der Waals surface area contributed by atoms with E-state index in [4.69, 9.17) is 9.47 Å². The van der Waals surface area contributed by atoms with Crippen LogP contribution in [0, 0.1) is 10.1 Å². The van der Waals surface area contributed by atoms with E-state index in [1.165, 1.54) is 33.4 Å². The highest BCUT2D eigenvalue weighted by Gasteiger charge is 2.24. The molecule has 0 aliphatic carbocycles. The number of hydrogen-bond donors (Lipinski definition) is 0. The monoisotopic (exact) mass is 304 g/mol. The van der Waals surface area contributed by atoms with Gasteiger partial charge in [-0.1, -0.05) is 0 Å². The molecule has 9 heteroatoms. The van der Waals surface area contributed by atoms with Gasteiger partial charge in [-0.15, -0.1) is 0 Å². The first-order valence-electron chi connectivity index (χ1n) is 5.59. The molecule has 20 heavy (non-hydrogen) atoms. The Morgan fingerprint density at radius 2 is 1.75 bits per heavy atom. The Balaban J connectivity index is 2.95. The minimum Gasteiger partial charge on any atom is -0.355 e. The van der Waals surface area contributed by atoms with Crippen molar-refractivity contribution in [2.24, 2.45) is 0 Å². The fourth-order valence-electron chi connectivity index (χ4n) is 1.47. The van der Waals surface area contributed by atoms with Crippen LogP contribution in [0.2, 0.25) is 0 Å². The van der Waals surface area contributed by atoms with Crippen LogP contribution in [-0.2, 0) is 19.5 Å². The second kappa shape index (κ2) is 6.75. The van der Waals surface area contributed by atoms with Gasteiger partial charge in [-0.3, -0.25) is 10.1 Å². The van der Waals surface area contributed by atoms with Crippen molar-refractivity contribution < 1.29 is 22.8 Å². The summed E-state index contributed by atoms with van der Waals surface area (Å²) in [6.45, 7) is 0.00627. The highest BCUT2D eigenvalue weighted by Crippen LogP contribution is 2.19.